The molecule has 4 aromatic carbocycles. The number of anilines is 1. The number of rotatable bonds is 14. The van der Waals surface area contributed by atoms with Gasteiger partial charge in [-0.05, 0) is 65.4 Å². The summed E-state index contributed by atoms with van der Waals surface area (Å²) in [5.41, 5.74) is 3.44. The zero-order valence-corrected chi connectivity index (χ0v) is 29.3. The van der Waals surface area contributed by atoms with Crippen molar-refractivity contribution in [3.05, 3.63) is 137 Å². The summed E-state index contributed by atoms with van der Waals surface area (Å²) < 4.78 is 45.7. The van der Waals surface area contributed by atoms with Crippen molar-refractivity contribution in [1.29, 1.82) is 0 Å². The molecule has 2 amide bonds. The average molecular weight is 698 g/mol. The molecule has 0 aliphatic carbocycles. The lowest BCUT2D eigenvalue weighted by atomic mass is 10.0. The second-order valence-electron chi connectivity index (χ2n) is 12.9. The number of hydrogen-bond acceptors (Lipinski definition) is 4. The molecule has 1 atom stereocenters. The fourth-order valence-corrected chi connectivity index (χ4v) is 6.38. The monoisotopic (exact) mass is 697 g/mol. The number of halogens is 3. The molecule has 1 aliphatic rings. The quantitative estimate of drug-likeness (QED) is 0.0981. The SMILES string of the molecule is CCCCCc1ccc(CN(C(=O)/C=C/c2cccc(C(F)(F)F)c2)[C@@H](Cc2ccccc2)C(=O)N2CCN(c3cccc(OC)c3)CC2)cc1. The number of carbonyl (C=O) groups is 2. The number of aryl methyl sites for hydroxylation is 1. The average Bonchev–Trinajstić information content (AvgIpc) is 3.16. The molecular weight excluding hydrogens is 651 g/mol. The lowest BCUT2D eigenvalue weighted by molar-refractivity contribution is -0.144. The standard InChI is InChI=1S/C42H46F3N3O3/c1-3-4-6-11-32-18-20-35(21-19-32)31-48(40(49)23-22-34-14-9-15-36(28-34)42(43,44)45)39(29-33-12-7-5-8-13-33)41(50)47-26-24-46(25-27-47)37-16-10-17-38(30-37)51-2/h5,7-10,12-23,28,30,39H,3-4,6,11,24-27,29,31H2,1-2H3/b23-22+/t39-/m0/s1. The van der Waals surface area contributed by atoms with Gasteiger partial charge in [0.2, 0.25) is 11.8 Å². The van der Waals surface area contributed by atoms with Gasteiger partial charge in [-0.25, -0.2) is 0 Å². The van der Waals surface area contributed by atoms with E-state index in [1.165, 1.54) is 29.8 Å². The van der Waals surface area contributed by atoms with E-state index >= 15 is 0 Å². The van der Waals surface area contributed by atoms with Crippen LogP contribution in [-0.4, -0.2) is 60.9 Å². The summed E-state index contributed by atoms with van der Waals surface area (Å²) >= 11 is 0. The molecule has 0 bridgehead atoms. The van der Waals surface area contributed by atoms with E-state index in [-0.39, 0.29) is 24.4 Å². The predicted octanol–water partition coefficient (Wildman–Crippen LogP) is 8.45. The zero-order chi connectivity index (χ0) is 36.2. The lowest BCUT2D eigenvalue weighted by Crippen LogP contribution is -2.56. The van der Waals surface area contributed by atoms with Crippen LogP contribution in [0.1, 0.15) is 54.0 Å². The summed E-state index contributed by atoms with van der Waals surface area (Å²) in [7, 11) is 1.63. The number of hydrogen-bond donors (Lipinski definition) is 0. The van der Waals surface area contributed by atoms with E-state index in [2.05, 4.69) is 24.0 Å². The Morgan fingerprint density at radius 2 is 1.53 bits per heavy atom. The van der Waals surface area contributed by atoms with Gasteiger partial charge in [0.05, 0.1) is 12.7 Å². The maximum atomic E-state index is 14.6. The molecule has 5 rings (SSSR count). The second kappa shape index (κ2) is 17.7. The maximum absolute atomic E-state index is 14.6. The van der Waals surface area contributed by atoms with Crippen molar-refractivity contribution in [3.8, 4) is 5.75 Å². The van der Waals surface area contributed by atoms with Crippen LogP contribution in [0.25, 0.3) is 6.08 Å². The molecule has 268 valence electrons. The first kappa shape index (κ1) is 37.2. The Bertz CT molecular complexity index is 1750. The number of piperazine rings is 1. The molecule has 0 N–H and O–H groups in total. The first-order chi connectivity index (χ1) is 24.6. The highest BCUT2D eigenvalue weighted by Crippen LogP contribution is 2.30. The van der Waals surface area contributed by atoms with Gasteiger partial charge in [0.15, 0.2) is 0 Å². The minimum absolute atomic E-state index is 0.161. The predicted molar refractivity (Wildman–Crippen MR) is 196 cm³/mol. The maximum Gasteiger partial charge on any atom is 0.416 e. The minimum Gasteiger partial charge on any atom is -0.497 e. The van der Waals surface area contributed by atoms with Gasteiger partial charge in [-0.1, -0.05) is 92.6 Å². The first-order valence-electron chi connectivity index (χ1n) is 17.6. The molecule has 0 saturated carbocycles. The molecule has 0 spiro atoms. The number of carbonyl (C=O) groups excluding carboxylic acids is 2. The molecule has 1 aliphatic heterocycles. The summed E-state index contributed by atoms with van der Waals surface area (Å²) in [5, 5.41) is 0. The Hall–Kier alpha value is -5.05. The van der Waals surface area contributed by atoms with Crippen molar-refractivity contribution in [2.24, 2.45) is 0 Å². The van der Waals surface area contributed by atoms with Crippen molar-refractivity contribution in [2.45, 2.75) is 57.8 Å². The van der Waals surface area contributed by atoms with E-state index in [0.29, 0.717) is 26.2 Å². The van der Waals surface area contributed by atoms with E-state index in [9.17, 15) is 22.8 Å². The number of unbranched alkanes of at least 4 members (excludes halogenated alkanes) is 2. The Kier molecular flexibility index (Phi) is 12.9. The van der Waals surface area contributed by atoms with Gasteiger partial charge < -0.3 is 19.4 Å². The van der Waals surface area contributed by atoms with E-state index in [4.69, 9.17) is 4.74 Å². The molecule has 1 saturated heterocycles. The smallest absolute Gasteiger partial charge is 0.416 e. The van der Waals surface area contributed by atoms with Crippen LogP contribution in [0.3, 0.4) is 0 Å². The molecule has 4 aromatic rings. The van der Waals surface area contributed by atoms with Gasteiger partial charge in [-0.2, -0.15) is 13.2 Å². The molecule has 0 radical (unpaired) electrons. The fourth-order valence-electron chi connectivity index (χ4n) is 6.38. The topological polar surface area (TPSA) is 53.1 Å². The Balaban J connectivity index is 1.44. The highest BCUT2D eigenvalue weighted by atomic mass is 19.4. The molecule has 1 fully saturated rings. The van der Waals surface area contributed by atoms with Crippen molar-refractivity contribution >= 4 is 23.6 Å². The van der Waals surface area contributed by atoms with Crippen LogP contribution in [0.4, 0.5) is 18.9 Å². The van der Waals surface area contributed by atoms with Crippen molar-refractivity contribution in [3.63, 3.8) is 0 Å². The Morgan fingerprint density at radius 1 is 0.824 bits per heavy atom. The molecule has 51 heavy (non-hydrogen) atoms. The summed E-state index contributed by atoms with van der Waals surface area (Å²) in [5.74, 6) is 0.139. The molecule has 0 unspecified atom stereocenters. The second-order valence-corrected chi connectivity index (χ2v) is 12.9. The number of ether oxygens (including phenoxy) is 1. The van der Waals surface area contributed by atoms with Gasteiger partial charge in [-0.3, -0.25) is 9.59 Å². The van der Waals surface area contributed by atoms with E-state index < -0.39 is 23.7 Å². The fraction of sp³-hybridized carbons (Fsp3) is 0.333. The van der Waals surface area contributed by atoms with Gasteiger partial charge in [0.25, 0.3) is 0 Å². The van der Waals surface area contributed by atoms with Crippen LogP contribution in [0.2, 0.25) is 0 Å². The molecule has 1 heterocycles. The molecule has 0 aromatic heterocycles. The first-order valence-corrected chi connectivity index (χ1v) is 17.6. The van der Waals surface area contributed by atoms with E-state index in [0.717, 1.165) is 60.4 Å². The molecular formula is C42H46F3N3O3. The third-order valence-electron chi connectivity index (χ3n) is 9.30. The Labute approximate surface area is 299 Å². The number of nitrogens with zero attached hydrogens (tertiary/aromatic N) is 3. The van der Waals surface area contributed by atoms with Crippen molar-refractivity contribution < 1.29 is 27.5 Å². The zero-order valence-electron chi connectivity index (χ0n) is 29.3. The van der Waals surface area contributed by atoms with Crippen LogP contribution >= 0.6 is 0 Å². The molecule has 9 heteroatoms. The van der Waals surface area contributed by atoms with Gasteiger partial charge in [0, 0.05) is 57.0 Å². The van der Waals surface area contributed by atoms with Crippen LogP contribution in [-0.2, 0) is 35.2 Å². The van der Waals surface area contributed by atoms with Crippen molar-refractivity contribution in [1.82, 2.24) is 9.80 Å². The highest BCUT2D eigenvalue weighted by molar-refractivity contribution is 5.96. The summed E-state index contributed by atoms with van der Waals surface area (Å²) in [6.45, 7) is 4.49. The summed E-state index contributed by atoms with van der Waals surface area (Å²) in [4.78, 5) is 34.3. The van der Waals surface area contributed by atoms with E-state index in [1.54, 1.807) is 12.0 Å². The number of amides is 2. The lowest BCUT2D eigenvalue weighted by Gasteiger charge is -2.40. The van der Waals surface area contributed by atoms with E-state index in [1.807, 2.05) is 71.6 Å². The largest absolute Gasteiger partial charge is 0.497 e. The van der Waals surface area contributed by atoms with Gasteiger partial charge >= 0.3 is 6.18 Å². The van der Waals surface area contributed by atoms with Gasteiger partial charge in [-0.15, -0.1) is 0 Å². The van der Waals surface area contributed by atoms with Crippen molar-refractivity contribution in [2.75, 3.05) is 38.2 Å². The highest BCUT2D eigenvalue weighted by Gasteiger charge is 2.34. The number of benzene rings is 4. The van der Waals surface area contributed by atoms with Gasteiger partial charge in [0.1, 0.15) is 11.8 Å². The third kappa shape index (κ3) is 10.5. The van der Waals surface area contributed by atoms with Crippen LogP contribution in [0, 0.1) is 0 Å². The normalized spacial score (nSPS) is 14.1. The Morgan fingerprint density at radius 3 is 2.22 bits per heavy atom. The number of alkyl halides is 3. The van der Waals surface area contributed by atoms with Crippen LogP contribution < -0.4 is 9.64 Å². The minimum atomic E-state index is -4.51. The summed E-state index contributed by atoms with van der Waals surface area (Å²) in [6, 6.07) is 29.5. The van der Waals surface area contributed by atoms with Crippen LogP contribution in [0.5, 0.6) is 5.75 Å². The summed E-state index contributed by atoms with van der Waals surface area (Å²) in [6.07, 6.45) is 2.79. The number of methoxy groups -OCH3 is 1. The van der Waals surface area contributed by atoms with Crippen LogP contribution in [0.15, 0.2) is 109 Å². The molecule has 6 nitrogen and oxygen atoms in total. The third-order valence-corrected chi connectivity index (χ3v) is 9.30.